The van der Waals surface area contributed by atoms with Crippen LogP contribution in [0.25, 0.3) is 0 Å². The Hall–Kier alpha value is -4.91. The second-order valence-corrected chi connectivity index (χ2v) is 12.6. The molecule has 0 aliphatic heterocycles. The molecule has 2 heterocycles. The number of hydrogen-bond acceptors (Lipinski definition) is 10. The maximum atomic E-state index is 13.4. The highest BCUT2D eigenvalue weighted by Crippen LogP contribution is 2.24. The largest absolute Gasteiger partial charge is 0.444 e. The maximum absolute atomic E-state index is 13.4. The normalized spacial score (nSPS) is 12.7. The predicted octanol–water partition coefficient (Wildman–Crippen LogP) is 5.07. The highest BCUT2D eigenvalue weighted by atomic mass is 32.2. The number of ether oxygens (including phenoxy) is 1. The van der Waals surface area contributed by atoms with Gasteiger partial charge in [0, 0.05) is 12.6 Å². The number of amides is 1. The zero-order valence-electron chi connectivity index (χ0n) is 24.3. The number of ketones is 1. The zero-order valence-corrected chi connectivity index (χ0v) is 25.1. The number of rotatable bonds is 10. The second-order valence-electron chi connectivity index (χ2n) is 10.8. The van der Waals surface area contributed by atoms with Crippen molar-refractivity contribution in [2.75, 3.05) is 5.73 Å². The molecule has 0 bridgehead atoms. The van der Waals surface area contributed by atoms with Crippen LogP contribution in [-0.4, -0.2) is 45.9 Å². The number of aryl methyl sites for hydroxylation is 1. The van der Waals surface area contributed by atoms with Crippen LogP contribution in [0.5, 0.6) is 0 Å². The van der Waals surface area contributed by atoms with Crippen molar-refractivity contribution in [3.63, 3.8) is 0 Å². The Morgan fingerprint density at radius 3 is 2.35 bits per heavy atom. The van der Waals surface area contributed by atoms with Gasteiger partial charge in [-0.1, -0.05) is 35.9 Å². The second kappa shape index (κ2) is 12.9. The molecule has 0 radical (unpaired) electrons. The van der Waals surface area contributed by atoms with Crippen LogP contribution >= 0.6 is 0 Å². The Morgan fingerprint density at radius 2 is 1.70 bits per heavy atom. The summed E-state index contributed by atoms with van der Waals surface area (Å²) >= 11 is 0. The van der Waals surface area contributed by atoms with Crippen LogP contribution in [0.4, 0.5) is 22.0 Å². The molecule has 4 rings (SSSR count). The van der Waals surface area contributed by atoms with Crippen LogP contribution in [0.2, 0.25) is 0 Å². The number of imidazole rings is 1. The standard InChI is InChI=1S/C30H33N7O5S/c1-20-10-13-24(14-11-20)43(40,41)37-18-23(32-19-37)16-26(34-29(39)42-30(2,3)4)27(38)17-22-12-15-25(28(31)33-22)36-35-21-8-6-5-7-9-21/h5-15,18-19,26H,16-17H2,1-4H3,(H2,31,33)(H,34,39)/t26-/m0/s1. The number of carbonyl (C=O) groups is 2. The van der Waals surface area contributed by atoms with Crippen molar-refractivity contribution in [1.29, 1.82) is 0 Å². The smallest absolute Gasteiger partial charge is 0.408 e. The minimum absolute atomic E-state index is 0.0849. The lowest BCUT2D eigenvalue weighted by atomic mass is 10.0. The number of aromatic nitrogens is 3. The fourth-order valence-corrected chi connectivity index (χ4v) is 5.07. The fourth-order valence-electron chi connectivity index (χ4n) is 3.92. The summed E-state index contributed by atoms with van der Waals surface area (Å²) in [5.74, 6) is -0.325. The first kappa shape index (κ1) is 31.0. The lowest BCUT2D eigenvalue weighted by molar-refractivity contribution is -0.120. The maximum Gasteiger partial charge on any atom is 0.408 e. The van der Waals surface area contributed by atoms with Gasteiger partial charge in [0.1, 0.15) is 17.6 Å². The summed E-state index contributed by atoms with van der Waals surface area (Å²) < 4.78 is 32.5. The van der Waals surface area contributed by atoms with Crippen molar-refractivity contribution in [2.24, 2.45) is 10.2 Å². The van der Waals surface area contributed by atoms with E-state index < -0.39 is 33.5 Å². The number of alkyl carbamates (subject to hydrolysis) is 1. The molecular formula is C30H33N7O5S. The molecule has 0 unspecified atom stereocenters. The lowest BCUT2D eigenvalue weighted by Gasteiger charge is -2.23. The molecular weight excluding hydrogens is 570 g/mol. The monoisotopic (exact) mass is 603 g/mol. The van der Waals surface area contributed by atoms with Gasteiger partial charge in [-0.15, -0.1) is 5.11 Å². The van der Waals surface area contributed by atoms with Gasteiger partial charge < -0.3 is 15.8 Å². The van der Waals surface area contributed by atoms with Crippen molar-refractivity contribution < 1.29 is 22.7 Å². The summed E-state index contributed by atoms with van der Waals surface area (Å²) in [6, 6.07) is 17.6. The van der Waals surface area contributed by atoms with Gasteiger partial charge in [-0.05, 0) is 64.1 Å². The minimum Gasteiger partial charge on any atom is -0.444 e. The predicted molar refractivity (Wildman–Crippen MR) is 161 cm³/mol. The van der Waals surface area contributed by atoms with Gasteiger partial charge in [0.25, 0.3) is 10.0 Å². The first-order valence-corrected chi connectivity index (χ1v) is 14.8. The summed E-state index contributed by atoms with van der Waals surface area (Å²) in [6.45, 7) is 6.95. The van der Waals surface area contributed by atoms with Crippen LogP contribution in [0.15, 0.2) is 94.4 Å². The van der Waals surface area contributed by atoms with Gasteiger partial charge >= 0.3 is 6.09 Å². The quantitative estimate of drug-likeness (QED) is 0.237. The SMILES string of the molecule is Cc1ccc(S(=O)(=O)n2cnc(C[C@H](NC(=O)OC(C)(C)C)C(=O)Cc3ccc(N=Nc4ccccc4)c(N)n3)c2)cc1. The van der Waals surface area contributed by atoms with E-state index in [1.807, 2.05) is 25.1 Å². The van der Waals surface area contributed by atoms with E-state index in [0.29, 0.717) is 17.1 Å². The molecule has 0 spiro atoms. The van der Waals surface area contributed by atoms with Crippen LogP contribution in [0.3, 0.4) is 0 Å². The Bertz CT molecular complexity index is 1730. The summed E-state index contributed by atoms with van der Waals surface area (Å²) in [7, 11) is -3.90. The van der Waals surface area contributed by atoms with Gasteiger partial charge in [-0.3, -0.25) is 4.79 Å². The van der Waals surface area contributed by atoms with Crippen LogP contribution in [-0.2, 0) is 32.4 Å². The molecule has 2 aromatic carbocycles. The Balaban J connectivity index is 1.52. The Labute approximate surface area is 250 Å². The molecule has 224 valence electrons. The number of pyridine rings is 1. The van der Waals surface area contributed by atoms with Crippen LogP contribution < -0.4 is 11.1 Å². The first-order chi connectivity index (χ1) is 20.3. The number of hydrogen-bond donors (Lipinski definition) is 2. The van der Waals surface area contributed by atoms with Crippen molar-refractivity contribution in [3.05, 3.63) is 96.2 Å². The van der Waals surface area contributed by atoms with Gasteiger partial charge in [-0.25, -0.2) is 27.2 Å². The molecule has 2 aromatic heterocycles. The van der Waals surface area contributed by atoms with E-state index in [0.717, 1.165) is 15.9 Å². The molecule has 13 heteroatoms. The van der Waals surface area contributed by atoms with Crippen molar-refractivity contribution in [2.45, 2.75) is 57.1 Å². The molecule has 0 saturated heterocycles. The molecule has 0 aliphatic carbocycles. The topological polar surface area (TPSA) is 171 Å². The molecule has 43 heavy (non-hydrogen) atoms. The van der Waals surface area contributed by atoms with Crippen molar-refractivity contribution in [1.82, 2.24) is 19.3 Å². The Morgan fingerprint density at radius 1 is 1.00 bits per heavy atom. The molecule has 4 aromatic rings. The molecule has 0 saturated carbocycles. The number of nitrogens with two attached hydrogens (primary N) is 1. The minimum atomic E-state index is -3.90. The summed E-state index contributed by atoms with van der Waals surface area (Å²) in [5, 5.41) is 10.9. The van der Waals surface area contributed by atoms with Gasteiger partial charge in [0.05, 0.1) is 34.4 Å². The molecule has 0 aliphatic rings. The lowest BCUT2D eigenvalue weighted by Crippen LogP contribution is -2.45. The number of nitrogens with one attached hydrogen (secondary N) is 1. The molecule has 12 nitrogen and oxygen atoms in total. The number of nitrogen functional groups attached to an aromatic ring is 1. The van der Waals surface area contributed by atoms with E-state index >= 15 is 0 Å². The van der Waals surface area contributed by atoms with E-state index in [1.165, 1.54) is 18.3 Å². The number of azo groups is 1. The number of anilines is 1. The van der Waals surface area contributed by atoms with E-state index in [-0.39, 0.29) is 29.2 Å². The molecule has 1 atom stereocenters. The van der Waals surface area contributed by atoms with E-state index in [2.05, 4.69) is 25.5 Å². The third kappa shape index (κ3) is 8.55. The van der Waals surface area contributed by atoms with Crippen molar-refractivity contribution >= 4 is 39.1 Å². The highest BCUT2D eigenvalue weighted by Gasteiger charge is 2.27. The Kier molecular flexibility index (Phi) is 9.34. The fraction of sp³-hybridized carbons (Fsp3) is 0.267. The number of carbonyl (C=O) groups excluding carboxylic acids is 2. The van der Waals surface area contributed by atoms with Crippen LogP contribution in [0, 0.1) is 6.92 Å². The molecule has 3 N–H and O–H groups in total. The average Bonchev–Trinajstić information content (AvgIpc) is 3.42. The molecule has 1 amide bonds. The summed E-state index contributed by atoms with van der Waals surface area (Å²) in [4.78, 5) is 34.6. The average molecular weight is 604 g/mol. The molecule has 0 fully saturated rings. The third-order valence-electron chi connectivity index (χ3n) is 6.05. The number of nitrogens with zero attached hydrogens (tertiary/aromatic N) is 5. The number of Topliss-reactive ketones (excluding diaryl/α,β-unsaturated/α-hetero) is 1. The summed E-state index contributed by atoms with van der Waals surface area (Å²) in [6.07, 6.45) is 1.40. The van der Waals surface area contributed by atoms with E-state index in [4.69, 9.17) is 10.5 Å². The van der Waals surface area contributed by atoms with E-state index in [1.54, 1.807) is 57.2 Å². The van der Waals surface area contributed by atoms with Gasteiger partial charge in [0.2, 0.25) is 0 Å². The zero-order chi connectivity index (χ0) is 31.2. The van der Waals surface area contributed by atoms with Gasteiger partial charge in [0.15, 0.2) is 11.6 Å². The van der Waals surface area contributed by atoms with E-state index in [9.17, 15) is 18.0 Å². The van der Waals surface area contributed by atoms with Gasteiger partial charge in [-0.2, -0.15) is 5.11 Å². The van der Waals surface area contributed by atoms with Crippen LogP contribution in [0.1, 0.15) is 37.7 Å². The third-order valence-corrected chi connectivity index (χ3v) is 7.67. The first-order valence-electron chi connectivity index (χ1n) is 13.4. The number of benzene rings is 2. The van der Waals surface area contributed by atoms with Crippen molar-refractivity contribution in [3.8, 4) is 0 Å². The summed E-state index contributed by atoms with van der Waals surface area (Å²) in [5.41, 5.74) is 7.80. The highest BCUT2D eigenvalue weighted by molar-refractivity contribution is 7.90.